The van der Waals surface area contributed by atoms with Gasteiger partial charge >= 0.3 is 48.4 Å². The summed E-state index contributed by atoms with van der Waals surface area (Å²) in [5.41, 5.74) is 2.10. The van der Waals surface area contributed by atoms with E-state index in [0.29, 0.717) is 114 Å². The minimum Gasteiger partial charge on any atom is -0.480 e. The van der Waals surface area contributed by atoms with Crippen LogP contribution in [0.3, 0.4) is 0 Å². The number of aryl methyl sites for hydroxylation is 4. The molecular weight excluding hydrogens is 1310 g/mol. The molecule has 30 nitrogen and oxygen atoms in total. The Bertz CT molecular complexity index is 3210. The number of pyridine rings is 1. The number of aliphatic carboxylic acids is 4. The molecule has 0 radical (unpaired) electrons. The fourth-order valence-corrected chi connectivity index (χ4v) is 10.2. The number of esters is 1. The summed E-state index contributed by atoms with van der Waals surface area (Å²) in [6.45, 7) is 12.0. The maximum absolute atomic E-state index is 14.0. The summed E-state index contributed by atoms with van der Waals surface area (Å²) >= 11 is 0. The molecule has 1 aliphatic heterocycles. The third kappa shape index (κ3) is 30.3. The molecule has 0 spiro atoms. The zero-order valence-corrected chi connectivity index (χ0v) is 52.4. The molecule has 2 aromatic heterocycles. The van der Waals surface area contributed by atoms with Crippen molar-refractivity contribution in [1.82, 2.24) is 49.5 Å². The topological polar surface area (TPSA) is 392 Å². The second-order valence-corrected chi connectivity index (χ2v) is 21.7. The number of benzene rings is 2. The van der Waals surface area contributed by atoms with Gasteiger partial charge in [0.25, 0.3) is 5.91 Å². The molecule has 4 aromatic rings. The Morgan fingerprint density at radius 1 is 0.681 bits per heavy atom. The Morgan fingerprint density at radius 3 is 1.60 bits per heavy atom. The Hall–Kier alpha value is -8.09. The summed E-state index contributed by atoms with van der Waals surface area (Å²) in [7, 11) is -0.0674. The van der Waals surface area contributed by atoms with Gasteiger partial charge in [-0.3, -0.25) is 43.6 Å². The van der Waals surface area contributed by atoms with E-state index in [2.05, 4.69) is 40.4 Å². The van der Waals surface area contributed by atoms with Crippen molar-refractivity contribution in [1.29, 1.82) is 0 Å². The molecule has 1 atom stereocenters. The van der Waals surface area contributed by atoms with Gasteiger partial charge in [0.2, 0.25) is 21.4 Å². The van der Waals surface area contributed by atoms with Crippen LogP contribution in [0.2, 0.25) is 0 Å². The molecular formula is C54H74F9N11O19S. The van der Waals surface area contributed by atoms with Crippen LogP contribution in [0.25, 0.3) is 10.9 Å². The lowest BCUT2D eigenvalue weighted by atomic mass is 10.1. The first-order chi connectivity index (χ1) is 43.8. The van der Waals surface area contributed by atoms with Crippen molar-refractivity contribution in [2.24, 2.45) is 0 Å². The number of rotatable bonds is 26. The third-order valence-electron chi connectivity index (χ3n) is 13.0. The van der Waals surface area contributed by atoms with Crippen molar-refractivity contribution >= 4 is 68.5 Å². The molecule has 0 saturated carbocycles. The third-order valence-corrected chi connectivity index (χ3v) is 14.8. The Kier molecular flexibility index (Phi) is 34.5. The molecule has 0 bridgehead atoms. The van der Waals surface area contributed by atoms with Crippen molar-refractivity contribution in [3.63, 3.8) is 0 Å². The molecule has 1 aliphatic rings. The molecule has 1 unspecified atom stereocenters. The maximum atomic E-state index is 14.0. The van der Waals surface area contributed by atoms with Gasteiger partial charge in [-0.15, -0.1) is 0 Å². The van der Waals surface area contributed by atoms with E-state index in [1.165, 1.54) is 27.5 Å². The molecule has 3 heterocycles. The number of alkyl halides is 9. The van der Waals surface area contributed by atoms with Crippen molar-refractivity contribution < 1.29 is 126 Å². The Balaban J connectivity index is 0.00000123. The van der Waals surface area contributed by atoms with Gasteiger partial charge in [0.1, 0.15) is 11.6 Å². The molecule has 9 N–H and O–H groups in total. The summed E-state index contributed by atoms with van der Waals surface area (Å²) in [4.78, 5) is 129. The first kappa shape index (κ1) is 82.0. The standard InChI is InChI=1S/C48H71N11O13S.3C2HF3O2/c1-34-26-35(2)45(36(3)27-34)73(66,67)54-40(47(64)65)30-52-46(63)39-31-59(41-28-37(8-9-38(41)44(39)62)29-53-48-50-11-12-51-48)13-7-10-49-42(60)32-57-18-16-55(22-24-71-69-5)14-15-56(23-25-72-70-6)17-19-58(21-20-57)33-43(61)68-4;3*3-2(4,5)1(6)7/h8-9,11-12,26-28,31,40,54H,7,10,13-25,29-30,32-33H2,1-6H3,(H,49,60)(H,52,63)(H,64,65)(H2,50,51,53);3*(H,6,7). The predicted molar refractivity (Wildman–Crippen MR) is 311 cm³/mol. The van der Waals surface area contributed by atoms with Crippen LogP contribution in [0.4, 0.5) is 45.5 Å². The lowest BCUT2D eigenvalue weighted by Gasteiger charge is -2.33. The second kappa shape index (κ2) is 39.6. The summed E-state index contributed by atoms with van der Waals surface area (Å²) in [5, 5.41) is 40.3. The maximum Gasteiger partial charge on any atom is 0.490 e. The number of carbonyl (C=O) groups excluding carboxylic acids is 3. The van der Waals surface area contributed by atoms with E-state index < -0.39 is 76.4 Å². The largest absolute Gasteiger partial charge is 0.490 e. The van der Waals surface area contributed by atoms with Gasteiger partial charge in [-0.2, -0.15) is 44.2 Å². The SMILES string of the molecule is COOCCN1CCN(CCOOC)CCN(CC(=O)OC)CCN(CC(=O)NCCCn2cc(C(=O)NCC(NS(=O)(=O)c3c(C)cc(C)cc3C)C(=O)O)c(=O)c3ccc(CNc4ncc[nH]4)cc32)CC1.O=C(O)C(F)(F)F.O=C(O)C(F)(F)F.O=C(O)C(F)(F)F. The van der Waals surface area contributed by atoms with Crippen LogP contribution in [0.5, 0.6) is 0 Å². The first-order valence-corrected chi connectivity index (χ1v) is 29.3. The lowest BCUT2D eigenvalue weighted by molar-refractivity contribution is -0.274. The van der Waals surface area contributed by atoms with Crippen molar-refractivity contribution in [2.75, 3.05) is 131 Å². The molecule has 5 rings (SSSR count). The van der Waals surface area contributed by atoms with Gasteiger partial charge in [-0.05, 0) is 56.0 Å². The molecule has 2 aromatic carbocycles. The number of hydrogen-bond donors (Lipinski definition) is 9. The molecule has 0 aliphatic carbocycles. The van der Waals surface area contributed by atoms with Crippen LogP contribution in [-0.2, 0) is 76.2 Å². The molecule has 1 fully saturated rings. The number of carboxylic acids is 4. The van der Waals surface area contributed by atoms with Crippen molar-refractivity contribution in [3.8, 4) is 0 Å². The number of aromatic amines is 1. The fraction of sp³-hybridized carbons (Fsp3) is 0.537. The van der Waals surface area contributed by atoms with Crippen LogP contribution >= 0.6 is 0 Å². The van der Waals surface area contributed by atoms with Gasteiger partial charge in [-0.1, -0.05) is 23.8 Å². The number of fused-ring (bicyclic) bond motifs is 1. The Labute approximate surface area is 531 Å². The van der Waals surface area contributed by atoms with Crippen molar-refractivity contribution in [3.05, 3.63) is 87.0 Å². The number of ether oxygens (including phenoxy) is 1. The predicted octanol–water partition coefficient (Wildman–Crippen LogP) is 2.38. The van der Waals surface area contributed by atoms with Crippen LogP contribution in [0, 0.1) is 20.8 Å². The number of methoxy groups -OCH3 is 1. The highest BCUT2D eigenvalue weighted by Crippen LogP contribution is 2.23. The molecule has 2 amide bonds. The number of amides is 2. The zero-order valence-electron chi connectivity index (χ0n) is 51.5. The number of H-pyrrole nitrogens is 1. The zero-order chi connectivity index (χ0) is 71.1. The number of nitrogens with zero attached hydrogens (tertiary/aromatic N) is 6. The number of carboxylic acid groups (broad SMARTS) is 4. The van der Waals surface area contributed by atoms with E-state index in [-0.39, 0.29) is 53.9 Å². The normalized spacial score (nSPS) is 14.4. The number of halogens is 9. The van der Waals surface area contributed by atoms with Gasteiger partial charge < -0.3 is 50.7 Å². The second-order valence-electron chi connectivity index (χ2n) is 20.1. The number of nitrogens with one attached hydrogen (secondary N) is 5. The van der Waals surface area contributed by atoms with E-state index in [9.17, 15) is 77.0 Å². The van der Waals surface area contributed by atoms with E-state index in [1.54, 1.807) is 55.1 Å². The van der Waals surface area contributed by atoms with Gasteiger partial charge in [0.05, 0.1) is 58.0 Å². The summed E-state index contributed by atoms with van der Waals surface area (Å²) < 4.78 is 131. The van der Waals surface area contributed by atoms with E-state index >= 15 is 0 Å². The van der Waals surface area contributed by atoms with Gasteiger partial charge in [0.15, 0.2) is 5.95 Å². The van der Waals surface area contributed by atoms with Gasteiger partial charge in [0, 0.05) is 116 Å². The van der Waals surface area contributed by atoms with E-state index in [4.69, 9.17) is 54.0 Å². The van der Waals surface area contributed by atoms with Crippen molar-refractivity contribution in [2.45, 2.75) is 69.7 Å². The highest BCUT2D eigenvalue weighted by molar-refractivity contribution is 7.89. The highest BCUT2D eigenvalue weighted by Gasteiger charge is 2.40. The Morgan fingerprint density at radius 2 is 1.16 bits per heavy atom. The van der Waals surface area contributed by atoms with Gasteiger partial charge in [-0.25, -0.2) is 47.3 Å². The monoisotopic (exact) mass is 1380 g/mol. The lowest BCUT2D eigenvalue weighted by Crippen LogP contribution is -2.49. The smallest absolute Gasteiger partial charge is 0.480 e. The molecule has 1 saturated heterocycles. The van der Waals surface area contributed by atoms with Crippen LogP contribution in [0.15, 0.2) is 58.6 Å². The molecule has 40 heteroatoms. The molecule has 528 valence electrons. The van der Waals surface area contributed by atoms with Crippen LogP contribution in [0.1, 0.15) is 39.0 Å². The molecule has 94 heavy (non-hydrogen) atoms. The quantitative estimate of drug-likeness (QED) is 0.0143. The highest BCUT2D eigenvalue weighted by atomic mass is 32.2. The fourth-order valence-electron chi connectivity index (χ4n) is 8.57. The summed E-state index contributed by atoms with van der Waals surface area (Å²) in [6.07, 6.45) is -10.2. The van der Waals surface area contributed by atoms with E-state index in [0.717, 1.165) is 11.1 Å². The number of hydrogen-bond acceptors (Lipinski definition) is 21. The van der Waals surface area contributed by atoms with E-state index in [1.807, 2.05) is 22.8 Å². The summed E-state index contributed by atoms with van der Waals surface area (Å²) in [5.74, 6) is -10.7. The van der Waals surface area contributed by atoms with Crippen LogP contribution in [-0.4, -0.2) is 255 Å². The minimum atomic E-state index is -5.08. The first-order valence-electron chi connectivity index (χ1n) is 27.8. The number of carbonyl (C=O) groups is 7. The minimum absolute atomic E-state index is 0.0594. The number of sulfonamides is 1. The van der Waals surface area contributed by atoms with Crippen LogP contribution < -0.4 is 26.1 Å². The average molecular weight is 1380 g/mol. The average Bonchev–Trinajstić information content (AvgIpc) is 0.817. The number of aromatic nitrogens is 3. The summed E-state index contributed by atoms with van der Waals surface area (Å²) in [6, 6.07) is 6.75. The number of imidazole rings is 1. The number of anilines is 1.